The predicted molar refractivity (Wildman–Crippen MR) is 110 cm³/mol. The number of benzene rings is 2. The second-order valence-electron chi connectivity index (χ2n) is 6.67. The van der Waals surface area contributed by atoms with E-state index in [4.69, 9.17) is 27.9 Å². The van der Waals surface area contributed by atoms with E-state index in [1.165, 1.54) is 11.1 Å². The molecule has 3 nitrogen and oxygen atoms in total. The van der Waals surface area contributed by atoms with Gasteiger partial charge in [0, 0.05) is 31.4 Å². The van der Waals surface area contributed by atoms with Crippen LogP contribution in [0.3, 0.4) is 0 Å². The van der Waals surface area contributed by atoms with Gasteiger partial charge in [-0.1, -0.05) is 59.6 Å². The quantitative estimate of drug-likeness (QED) is 0.553. The Labute approximate surface area is 169 Å². The van der Waals surface area contributed by atoms with Crippen LogP contribution in [0.1, 0.15) is 17.5 Å². The molecule has 0 atom stereocenters. The second-order valence-corrected chi connectivity index (χ2v) is 7.48. The van der Waals surface area contributed by atoms with Gasteiger partial charge in [-0.15, -0.1) is 0 Å². The average molecular weight is 399 g/mol. The van der Waals surface area contributed by atoms with E-state index in [9.17, 15) is 0 Å². The molecule has 5 heteroatoms. The second kappa shape index (κ2) is 8.30. The van der Waals surface area contributed by atoms with Gasteiger partial charge in [-0.3, -0.25) is 4.90 Å². The summed E-state index contributed by atoms with van der Waals surface area (Å²) in [6.07, 6.45) is 2.78. The van der Waals surface area contributed by atoms with E-state index in [-0.39, 0.29) is 0 Å². The van der Waals surface area contributed by atoms with Gasteiger partial charge in [0.05, 0.1) is 16.7 Å². The van der Waals surface area contributed by atoms with Crippen LogP contribution in [0, 0.1) is 0 Å². The number of hydrogen-bond acceptors (Lipinski definition) is 3. The van der Waals surface area contributed by atoms with E-state index in [0.29, 0.717) is 16.7 Å². The van der Waals surface area contributed by atoms with Gasteiger partial charge in [0.15, 0.2) is 0 Å². The Hall–Kier alpha value is -2.07. The minimum atomic E-state index is 0.586. The Morgan fingerprint density at radius 2 is 1.85 bits per heavy atom. The first kappa shape index (κ1) is 18.3. The fraction of sp³-hybridized carbons (Fsp3) is 0.227. The minimum absolute atomic E-state index is 0.586. The van der Waals surface area contributed by atoms with Crippen molar-refractivity contribution in [1.29, 1.82) is 0 Å². The van der Waals surface area contributed by atoms with Crippen molar-refractivity contribution in [1.82, 2.24) is 9.88 Å². The zero-order valence-corrected chi connectivity index (χ0v) is 16.4. The minimum Gasteiger partial charge on any atom is -0.477 e. The molecule has 138 valence electrons. The Balaban J connectivity index is 1.66. The molecule has 0 saturated heterocycles. The molecule has 1 aliphatic heterocycles. The Morgan fingerprint density at radius 1 is 1.00 bits per heavy atom. The summed E-state index contributed by atoms with van der Waals surface area (Å²) in [5, 5.41) is 1.18. The summed E-state index contributed by atoms with van der Waals surface area (Å²) >= 11 is 12.3. The SMILES string of the molecule is Clc1ccc(CN2CCCOc3nccc(-c4ccccc4)c3C2)cc1Cl. The molecule has 0 fully saturated rings. The summed E-state index contributed by atoms with van der Waals surface area (Å²) < 4.78 is 5.95. The molecule has 0 bridgehead atoms. The molecule has 0 unspecified atom stereocenters. The van der Waals surface area contributed by atoms with Gasteiger partial charge in [0.25, 0.3) is 0 Å². The summed E-state index contributed by atoms with van der Waals surface area (Å²) in [6.45, 7) is 3.19. The third-order valence-corrected chi connectivity index (χ3v) is 5.47. The van der Waals surface area contributed by atoms with Gasteiger partial charge in [0.2, 0.25) is 5.88 Å². The molecule has 1 aromatic heterocycles. The molecule has 1 aliphatic rings. The van der Waals surface area contributed by atoms with Crippen LogP contribution in [0.2, 0.25) is 10.0 Å². The van der Waals surface area contributed by atoms with Crippen molar-refractivity contribution >= 4 is 23.2 Å². The smallest absolute Gasteiger partial charge is 0.218 e. The molecular formula is C22H20Cl2N2O. The van der Waals surface area contributed by atoms with Gasteiger partial charge in [-0.05, 0) is 41.3 Å². The third-order valence-electron chi connectivity index (χ3n) is 4.73. The van der Waals surface area contributed by atoms with E-state index in [1.54, 1.807) is 0 Å². The van der Waals surface area contributed by atoms with Crippen molar-refractivity contribution in [3.8, 4) is 17.0 Å². The fourth-order valence-electron chi connectivity index (χ4n) is 3.43. The lowest BCUT2D eigenvalue weighted by molar-refractivity contribution is 0.196. The van der Waals surface area contributed by atoms with Crippen molar-refractivity contribution in [2.45, 2.75) is 19.5 Å². The van der Waals surface area contributed by atoms with Gasteiger partial charge < -0.3 is 4.74 Å². The normalized spacial score (nSPS) is 14.7. The van der Waals surface area contributed by atoms with Crippen LogP contribution in [-0.4, -0.2) is 23.0 Å². The number of fused-ring (bicyclic) bond motifs is 1. The van der Waals surface area contributed by atoms with Crippen LogP contribution in [0.15, 0.2) is 60.8 Å². The molecular weight excluding hydrogens is 379 g/mol. The van der Waals surface area contributed by atoms with Crippen LogP contribution in [0.25, 0.3) is 11.1 Å². The predicted octanol–water partition coefficient (Wildman–Crippen LogP) is 5.84. The number of rotatable bonds is 3. The lowest BCUT2D eigenvalue weighted by atomic mass is 10.0. The van der Waals surface area contributed by atoms with E-state index >= 15 is 0 Å². The van der Waals surface area contributed by atoms with Crippen LogP contribution < -0.4 is 4.74 Å². The van der Waals surface area contributed by atoms with E-state index in [2.05, 4.69) is 40.2 Å². The van der Waals surface area contributed by atoms with E-state index < -0.39 is 0 Å². The lowest BCUT2D eigenvalue weighted by Crippen LogP contribution is -2.28. The number of nitrogens with zero attached hydrogens (tertiary/aromatic N) is 2. The third kappa shape index (κ3) is 4.27. The van der Waals surface area contributed by atoms with Gasteiger partial charge in [-0.2, -0.15) is 0 Å². The molecule has 3 aromatic rings. The number of hydrogen-bond donors (Lipinski definition) is 0. The first-order chi connectivity index (χ1) is 13.2. The molecule has 2 heterocycles. The highest BCUT2D eigenvalue weighted by atomic mass is 35.5. The van der Waals surface area contributed by atoms with Crippen LogP contribution in [0.4, 0.5) is 0 Å². The summed E-state index contributed by atoms with van der Waals surface area (Å²) in [5.74, 6) is 0.732. The monoisotopic (exact) mass is 398 g/mol. The molecule has 2 aromatic carbocycles. The summed E-state index contributed by atoms with van der Waals surface area (Å²) in [6, 6.07) is 18.3. The molecule has 27 heavy (non-hydrogen) atoms. The molecule has 0 saturated carbocycles. The summed E-state index contributed by atoms with van der Waals surface area (Å²) in [4.78, 5) is 6.90. The highest BCUT2D eigenvalue weighted by Gasteiger charge is 2.19. The molecule has 0 amide bonds. The van der Waals surface area contributed by atoms with Crippen LogP contribution in [0.5, 0.6) is 5.88 Å². The van der Waals surface area contributed by atoms with Gasteiger partial charge >= 0.3 is 0 Å². The zero-order valence-electron chi connectivity index (χ0n) is 14.9. The van der Waals surface area contributed by atoms with Crippen LogP contribution in [-0.2, 0) is 13.1 Å². The van der Waals surface area contributed by atoms with Gasteiger partial charge in [-0.25, -0.2) is 4.98 Å². The Bertz CT molecular complexity index is 931. The number of halogens is 2. The number of ether oxygens (including phenoxy) is 1. The maximum Gasteiger partial charge on any atom is 0.218 e. The molecule has 0 spiro atoms. The summed E-state index contributed by atoms with van der Waals surface area (Å²) in [5.41, 5.74) is 4.62. The maximum absolute atomic E-state index is 6.20. The zero-order chi connectivity index (χ0) is 18.6. The van der Waals surface area contributed by atoms with Crippen LogP contribution >= 0.6 is 23.2 Å². The van der Waals surface area contributed by atoms with Crippen molar-refractivity contribution in [2.24, 2.45) is 0 Å². The summed E-state index contributed by atoms with van der Waals surface area (Å²) in [7, 11) is 0. The molecule has 0 aliphatic carbocycles. The largest absolute Gasteiger partial charge is 0.477 e. The maximum atomic E-state index is 6.20. The first-order valence-corrected chi connectivity index (χ1v) is 9.79. The first-order valence-electron chi connectivity index (χ1n) is 9.03. The topological polar surface area (TPSA) is 25.4 Å². The Morgan fingerprint density at radius 3 is 2.67 bits per heavy atom. The van der Waals surface area contributed by atoms with E-state index in [0.717, 1.165) is 43.1 Å². The van der Waals surface area contributed by atoms with Crippen molar-refractivity contribution in [2.75, 3.05) is 13.2 Å². The van der Waals surface area contributed by atoms with Gasteiger partial charge in [0.1, 0.15) is 0 Å². The number of aromatic nitrogens is 1. The van der Waals surface area contributed by atoms with Crippen molar-refractivity contribution in [3.63, 3.8) is 0 Å². The molecule has 4 rings (SSSR count). The average Bonchev–Trinajstić information content (AvgIpc) is 2.67. The highest BCUT2D eigenvalue weighted by Crippen LogP contribution is 2.32. The molecule has 0 radical (unpaired) electrons. The van der Waals surface area contributed by atoms with Crippen molar-refractivity contribution in [3.05, 3.63) is 82.0 Å². The lowest BCUT2D eigenvalue weighted by Gasteiger charge is -2.27. The highest BCUT2D eigenvalue weighted by molar-refractivity contribution is 6.42. The van der Waals surface area contributed by atoms with Crippen molar-refractivity contribution < 1.29 is 4.74 Å². The Kier molecular flexibility index (Phi) is 5.63. The standard InChI is InChI=1S/C22H20Cl2N2O/c23-20-8-7-16(13-21(20)24)14-26-11-4-12-27-22-19(15-26)18(9-10-25-22)17-5-2-1-3-6-17/h1-3,5-10,13H,4,11-12,14-15H2. The molecule has 0 N–H and O–H groups in total. The fourth-order valence-corrected chi connectivity index (χ4v) is 3.75. The number of pyridine rings is 1. The van der Waals surface area contributed by atoms with E-state index in [1.807, 2.05) is 30.5 Å².